The van der Waals surface area contributed by atoms with E-state index in [-0.39, 0.29) is 11.5 Å². The Balaban J connectivity index is 1.40. The fourth-order valence-electron chi connectivity index (χ4n) is 4.07. The molecule has 7 heteroatoms. The van der Waals surface area contributed by atoms with Gasteiger partial charge in [-0.2, -0.15) is 0 Å². The fourth-order valence-corrected chi connectivity index (χ4v) is 4.07. The van der Waals surface area contributed by atoms with Crippen LogP contribution in [0.15, 0.2) is 42.5 Å². The minimum atomic E-state index is -0.969. The second-order valence-electron chi connectivity index (χ2n) is 7.01. The van der Waals surface area contributed by atoms with Crippen LogP contribution in [-0.4, -0.2) is 40.1 Å². The van der Waals surface area contributed by atoms with Crippen LogP contribution in [0.4, 0.5) is 5.95 Å². The van der Waals surface area contributed by atoms with Crippen molar-refractivity contribution in [2.45, 2.75) is 18.4 Å². The Morgan fingerprint density at radius 3 is 2.74 bits per heavy atom. The lowest BCUT2D eigenvalue weighted by atomic mass is 9.84. The first-order valence-electron chi connectivity index (χ1n) is 8.87. The summed E-state index contributed by atoms with van der Waals surface area (Å²) in [4.78, 5) is 33.2. The van der Waals surface area contributed by atoms with Crippen LogP contribution in [0.25, 0.3) is 11.0 Å². The third kappa shape index (κ3) is 2.38. The number of piperidine rings is 1. The third-order valence-electron chi connectivity index (χ3n) is 5.51. The zero-order valence-corrected chi connectivity index (χ0v) is 14.4. The topological polar surface area (TPSA) is 95.5 Å². The SMILES string of the molecule is O=C(O)c1ccc2[nH]c(N3CCC4(CC3)OC(=O)c3ccccc34)nc2c1. The molecule has 136 valence electrons. The lowest BCUT2D eigenvalue weighted by molar-refractivity contribution is -0.0211. The summed E-state index contributed by atoms with van der Waals surface area (Å²) in [5, 5.41) is 9.13. The average molecular weight is 363 g/mol. The van der Waals surface area contributed by atoms with Gasteiger partial charge < -0.3 is 19.7 Å². The standard InChI is InChI=1S/C20H17N3O4/c24-17(25)12-5-6-15-16(11-12)22-19(21-15)23-9-7-20(8-10-23)14-4-2-1-3-13(14)18(26)27-20/h1-6,11H,7-10H2,(H,21,22)(H,24,25). The predicted octanol–water partition coefficient (Wildman–Crippen LogP) is 2.93. The molecule has 0 aliphatic carbocycles. The number of hydrogen-bond acceptors (Lipinski definition) is 5. The van der Waals surface area contributed by atoms with Crippen LogP contribution in [-0.2, 0) is 10.3 Å². The molecular formula is C20H17N3O4. The number of aromatic nitrogens is 2. The van der Waals surface area contributed by atoms with Gasteiger partial charge in [0.05, 0.1) is 22.2 Å². The number of aromatic amines is 1. The molecule has 2 aliphatic heterocycles. The second-order valence-corrected chi connectivity index (χ2v) is 7.01. The number of anilines is 1. The van der Waals surface area contributed by atoms with E-state index in [1.54, 1.807) is 18.2 Å². The number of ether oxygens (including phenoxy) is 1. The van der Waals surface area contributed by atoms with Crippen molar-refractivity contribution in [2.24, 2.45) is 0 Å². The Bertz CT molecular complexity index is 1080. The molecule has 2 aliphatic rings. The number of carbonyl (C=O) groups is 2. The van der Waals surface area contributed by atoms with Crippen molar-refractivity contribution in [1.82, 2.24) is 9.97 Å². The molecule has 3 aromatic rings. The zero-order valence-electron chi connectivity index (χ0n) is 14.4. The normalized spacial score (nSPS) is 17.9. The molecule has 0 saturated carbocycles. The van der Waals surface area contributed by atoms with E-state index in [4.69, 9.17) is 9.84 Å². The van der Waals surface area contributed by atoms with Crippen molar-refractivity contribution in [3.63, 3.8) is 0 Å². The summed E-state index contributed by atoms with van der Waals surface area (Å²) in [6, 6.07) is 12.4. The van der Waals surface area contributed by atoms with Gasteiger partial charge in [-0.1, -0.05) is 18.2 Å². The Morgan fingerprint density at radius 2 is 1.96 bits per heavy atom. The van der Waals surface area contributed by atoms with Crippen molar-refractivity contribution >= 4 is 28.9 Å². The molecule has 1 fully saturated rings. The quantitative estimate of drug-likeness (QED) is 0.680. The van der Waals surface area contributed by atoms with Crippen LogP contribution >= 0.6 is 0 Å². The van der Waals surface area contributed by atoms with Crippen LogP contribution in [0.1, 0.15) is 39.1 Å². The van der Waals surface area contributed by atoms with Crippen molar-refractivity contribution < 1.29 is 19.4 Å². The van der Waals surface area contributed by atoms with E-state index in [1.165, 1.54) is 0 Å². The number of benzene rings is 2. The summed E-state index contributed by atoms with van der Waals surface area (Å²) in [5.41, 5.74) is 2.73. The largest absolute Gasteiger partial charge is 0.478 e. The van der Waals surface area contributed by atoms with E-state index in [1.807, 2.05) is 24.3 Å². The molecule has 0 radical (unpaired) electrons. The Kier molecular flexibility index (Phi) is 3.28. The monoisotopic (exact) mass is 363 g/mol. The number of carbonyl (C=O) groups excluding carboxylic acids is 1. The highest BCUT2D eigenvalue weighted by Crippen LogP contribution is 2.44. The molecule has 1 saturated heterocycles. The van der Waals surface area contributed by atoms with Crippen LogP contribution in [0.2, 0.25) is 0 Å². The fraction of sp³-hybridized carbons (Fsp3) is 0.250. The lowest BCUT2D eigenvalue weighted by Gasteiger charge is -2.38. The van der Waals surface area contributed by atoms with Gasteiger partial charge in [0.1, 0.15) is 5.60 Å². The number of nitrogens with one attached hydrogen (secondary N) is 1. The van der Waals surface area contributed by atoms with Gasteiger partial charge in [0.2, 0.25) is 5.95 Å². The van der Waals surface area contributed by atoms with Gasteiger partial charge in [0.25, 0.3) is 0 Å². The molecule has 7 nitrogen and oxygen atoms in total. The molecule has 1 aromatic heterocycles. The van der Waals surface area contributed by atoms with E-state index >= 15 is 0 Å². The number of H-pyrrole nitrogens is 1. The van der Waals surface area contributed by atoms with Gasteiger partial charge in [-0.05, 0) is 24.3 Å². The summed E-state index contributed by atoms with van der Waals surface area (Å²) < 4.78 is 5.78. The maximum Gasteiger partial charge on any atom is 0.339 e. The number of carboxylic acid groups (broad SMARTS) is 1. The van der Waals surface area contributed by atoms with Gasteiger partial charge >= 0.3 is 11.9 Å². The summed E-state index contributed by atoms with van der Waals surface area (Å²) in [5.74, 6) is -0.507. The Hall–Kier alpha value is -3.35. The van der Waals surface area contributed by atoms with Gasteiger partial charge in [-0.3, -0.25) is 0 Å². The van der Waals surface area contributed by atoms with Gasteiger partial charge in [0.15, 0.2) is 0 Å². The highest BCUT2D eigenvalue weighted by atomic mass is 16.6. The van der Waals surface area contributed by atoms with Crippen LogP contribution < -0.4 is 4.90 Å². The molecule has 0 bridgehead atoms. The first-order chi connectivity index (χ1) is 13.1. The van der Waals surface area contributed by atoms with Crippen molar-refractivity contribution in [3.05, 3.63) is 59.2 Å². The number of hydrogen-bond donors (Lipinski definition) is 2. The Morgan fingerprint density at radius 1 is 1.19 bits per heavy atom. The summed E-state index contributed by atoms with van der Waals surface area (Å²) in [6.45, 7) is 1.38. The molecular weight excluding hydrogens is 346 g/mol. The number of imidazole rings is 1. The van der Waals surface area contributed by atoms with Crippen molar-refractivity contribution in [1.29, 1.82) is 0 Å². The molecule has 0 atom stereocenters. The molecule has 27 heavy (non-hydrogen) atoms. The highest BCUT2D eigenvalue weighted by molar-refractivity contribution is 5.95. The number of esters is 1. The smallest absolute Gasteiger partial charge is 0.339 e. The number of rotatable bonds is 2. The summed E-state index contributed by atoms with van der Waals surface area (Å²) in [7, 11) is 0. The van der Waals surface area contributed by atoms with Crippen molar-refractivity contribution in [3.8, 4) is 0 Å². The van der Waals surface area contributed by atoms with Crippen LogP contribution in [0, 0.1) is 0 Å². The van der Waals surface area contributed by atoms with E-state index < -0.39 is 11.6 Å². The zero-order chi connectivity index (χ0) is 18.6. The minimum Gasteiger partial charge on any atom is -0.478 e. The van der Waals surface area contributed by atoms with E-state index in [0.717, 1.165) is 11.1 Å². The molecule has 2 N–H and O–H groups in total. The summed E-state index contributed by atoms with van der Waals surface area (Å²) in [6.07, 6.45) is 1.38. The molecule has 0 amide bonds. The molecule has 0 unspecified atom stereocenters. The van der Waals surface area contributed by atoms with Gasteiger partial charge in [0, 0.05) is 31.5 Å². The average Bonchev–Trinajstić information content (AvgIpc) is 3.22. The molecule has 1 spiro atoms. The van der Waals surface area contributed by atoms with E-state index in [0.29, 0.717) is 43.0 Å². The molecule has 2 aromatic carbocycles. The first kappa shape index (κ1) is 15.9. The predicted molar refractivity (Wildman–Crippen MR) is 98.0 cm³/mol. The highest BCUT2D eigenvalue weighted by Gasteiger charge is 2.47. The van der Waals surface area contributed by atoms with Gasteiger partial charge in [-0.15, -0.1) is 0 Å². The van der Waals surface area contributed by atoms with E-state index in [2.05, 4.69) is 14.9 Å². The Labute approximate surface area is 154 Å². The third-order valence-corrected chi connectivity index (χ3v) is 5.51. The van der Waals surface area contributed by atoms with E-state index in [9.17, 15) is 9.59 Å². The maximum absolute atomic E-state index is 12.2. The van der Waals surface area contributed by atoms with Crippen molar-refractivity contribution in [2.75, 3.05) is 18.0 Å². The van der Waals surface area contributed by atoms with Gasteiger partial charge in [-0.25, -0.2) is 14.6 Å². The van der Waals surface area contributed by atoms with Crippen LogP contribution in [0.3, 0.4) is 0 Å². The second kappa shape index (κ2) is 5.57. The summed E-state index contributed by atoms with van der Waals surface area (Å²) >= 11 is 0. The number of aromatic carboxylic acids is 1. The lowest BCUT2D eigenvalue weighted by Crippen LogP contribution is -2.43. The number of nitrogens with zero attached hydrogens (tertiary/aromatic N) is 2. The number of fused-ring (bicyclic) bond motifs is 3. The number of carboxylic acids is 1. The van der Waals surface area contributed by atoms with Crippen LogP contribution in [0.5, 0.6) is 0 Å². The first-order valence-corrected chi connectivity index (χ1v) is 8.87. The molecule has 3 heterocycles. The minimum absolute atomic E-state index is 0.215. The molecule has 5 rings (SSSR count). The maximum atomic E-state index is 12.2.